The molecule has 0 saturated heterocycles. The van der Waals surface area contributed by atoms with Crippen molar-refractivity contribution in [2.45, 2.75) is 62.2 Å². The van der Waals surface area contributed by atoms with E-state index in [0.717, 1.165) is 68.5 Å². The summed E-state index contributed by atoms with van der Waals surface area (Å²) in [6.45, 7) is 4.17. The van der Waals surface area contributed by atoms with Gasteiger partial charge in [0.15, 0.2) is 0 Å². The summed E-state index contributed by atoms with van der Waals surface area (Å²) >= 11 is 3.05. The molecule has 4 aromatic rings. The summed E-state index contributed by atoms with van der Waals surface area (Å²) in [4.78, 5) is 2.38. The number of aryl methyl sites for hydroxylation is 2. The number of rotatable bonds is 8. The first-order chi connectivity index (χ1) is 16.1. The summed E-state index contributed by atoms with van der Waals surface area (Å²) in [5, 5.41) is 1.50. The molecule has 34 heavy (non-hydrogen) atoms. The Labute approximate surface area is 218 Å². The molecule has 10 heteroatoms. The van der Waals surface area contributed by atoms with Crippen molar-refractivity contribution in [3.05, 3.63) is 58.3 Å². The van der Waals surface area contributed by atoms with Gasteiger partial charge >= 0.3 is 0 Å². The Kier molecular flexibility index (Phi) is 9.45. The van der Waals surface area contributed by atoms with Gasteiger partial charge in [-0.3, -0.25) is 0 Å². The SMILES string of the molecule is CCCCc1sc2ccccc2c1S(=O)(=O)Cl.CCCCc1sc2ccccc2c1S(=O)(=O)Cl. The molecule has 2 aromatic carbocycles. The average Bonchev–Trinajstić information content (AvgIpc) is 3.34. The van der Waals surface area contributed by atoms with E-state index in [2.05, 4.69) is 13.8 Å². The first-order valence-corrected chi connectivity index (χ1v) is 17.2. The van der Waals surface area contributed by atoms with Crippen molar-refractivity contribution >= 4 is 82.3 Å². The standard InChI is InChI=1S/2C12H13ClO2S2/c2*1-2-3-7-11-12(17(13,14)15)9-6-4-5-8-10(9)16-11/h2*4-6,8H,2-3,7H2,1H3. The number of unbranched alkanes of at least 4 members (excludes halogenated alkanes) is 2. The quantitative estimate of drug-likeness (QED) is 0.197. The van der Waals surface area contributed by atoms with Crippen LogP contribution in [0.25, 0.3) is 20.2 Å². The molecule has 0 N–H and O–H groups in total. The Morgan fingerprint density at radius 2 is 1.00 bits per heavy atom. The first kappa shape index (κ1) is 27.4. The van der Waals surface area contributed by atoms with Crippen LogP contribution in [0.1, 0.15) is 49.3 Å². The van der Waals surface area contributed by atoms with Crippen molar-refractivity contribution < 1.29 is 16.8 Å². The highest BCUT2D eigenvalue weighted by molar-refractivity contribution is 8.14. The van der Waals surface area contributed by atoms with Crippen LogP contribution < -0.4 is 0 Å². The summed E-state index contributed by atoms with van der Waals surface area (Å²) < 4.78 is 48.6. The molecular formula is C24H26Cl2O4S4. The van der Waals surface area contributed by atoms with Gasteiger partial charge in [-0.25, -0.2) is 16.8 Å². The van der Waals surface area contributed by atoms with Crippen LogP contribution in [0.3, 0.4) is 0 Å². The highest BCUT2D eigenvalue weighted by Crippen LogP contribution is 2.38. The van der Waals surface area contributed by atoms with E-state index in [9.17, 15) is 16.8 Å². The molecule has 0 aliphatic carbocycles. The average molecular weight is 578 g/mol. The zero-order valence-corrected chi connectivity index (χ0v) is 23.7. The second kappa shape index (κ2) is 11.7. The summed E-state index contributed by atoms with van der Waals surface area (Å²) in [6.07, 6.45) is 5.58. The number of fused-ring (bicyclic) bond motifs is 2. The van der Waals surface area contributed by atoms with Crippen LogP contribution in [-0.2, 0) is 30.9 Å². The van der Waals surface area contributed by atoms with Crippen LogP contribution in [0.5, 0.6) is 0 Å². The van der Waals surface area contributed by atoms with E-state index in [1.54, 1.807) is 0 Å². The van der Waals surface area contributed by atoms with Crippen LogP contribution in [0.2, 0.25) is 0 Å². The Morgan fingerprint density at radius 1 is 0.647 bits per heavy atom. The zero-order chi connectivity index (χ0) is 24.9. The minimum atomic E-state index is -3.66. The molecule has 0 aliphatic heterocycles. The summed E-state index contributed by atoms with van der Waals surface area (Å²) in [5.74, 6) is 0. The van der Waals surface area contributed by atoms with E-state index < -0.39 is 18.1 Å². The lowest BCUT2D eigenvalue weighted by atomic mass is 10.2. The molecule has 0 spiro atoms. The number of benzene rings is 2. The predicted molar refractivity (Wildman–Crippen MR) is 147 cm³/mol. The van der Waals surface area contributed by atoms with Gasteiger partial charge in [-0.05, 0) is 37.8 Å². The molecule has 4 rings (SSSR count). The molecule has 0 unspecified atom stereocenters. The monoisotopic (exact) mass is 576 g/mol. The van der Waals surface area contributed by atoms with Gasteiger partial charge in [0.05, 0.1) is 0 Å². The van der Waals surface area contributed by atoms with E-state index in [0.29, 0.717) is 9.79 Å². The van der Waals surface area contributed by atoms with E-state index in [-0.39, 0.29) is 0 Å². The third-order valence-corrected chi connectivity index (χ3v) is 10.8. The van der Waals surface area contributed by atoms with Gasteiger partial charge in [-0.15, -0.1) is 22.7 Å². The fraction of sp³-hybridized carbons (Fsp3) is 0.333. The minimum absolute atomic E-state index is 0.313. The van der Waals surface area contributed by atoms with Crippen molar-refractivity contribution in [3.8, 4) is 0 Å². The van der Waals surface area contributed by atoms with Gasteiger partial charge in [-0.2, -0.15) is 0 Å². The third-order valence-electron chi connectivity index (χ3n) is 5.24. The fourth-order valence-electron chi connectivity index (χ4n) is 3.68. The highest BCUT2D eigenvalue weighted by atomic mass is 35.7. The van der Waals surface area contributed by atoms with Crippen molar-refractivity contribution in [3.63, 3.8) is 0 Å². The summed E-state index contributed by atoms with van der Waals surface area (Å²) in [5.41, 5.74) is 0. The second-order valence-corrected chi connectivity index (χ2v) is 15.1. The smallest absolute Gasteiger partial charge is 0.207 e. The molecule has 0 amide bonds. The van der Waals surface area contributed by atoms with Crippen molar-refractivity contribution in [2.24, 2.45) is 0 Å². The van der Waals surface area contributed by atoms with E-state index in [4.69, 9.17) is 21.4 Å². The lowest BCUT2D eigenvalue weighted by molar-refractivity contribution is 0.607. The number of halogens is 2. The molecule has 0 radical (unpaired) electrons. The number of hydrogen-bond donors (Lipinski definition) is 0. The summed E-state index contributed by atoms with van der Waals surface area (Å²) in [6, 6.07) is 15.0. The maximum Gasteiger partial charge on any atom is 0.263 e. The van der Waals surface area contributed by atoms with Crippen LogP contribution in [-0.4, -0.2) is 16.8 Å². The van der Waals surface area contributed by atoms with Crippen LogP contribution in [0, 0.1) is 0 Å². The van der Waals surface area contributed by atoms with E-state index in [1.807, 2.05) is 48.5 Å². The fourth-order valence-corrected chi connectivity index (χ4v) is 9.96. The van der Waals surface area contributed by atoms with E-state index >= 15 is 0 Å². The number of hydrogen-bond acceptors (Lipinski definition) is 6. The van der Waals surface area contributed by atoms with Gasteiger partial charge < -0.3 is 0 Å². The second-order valence-electron chi connectivity index (χ2n) is 7.78. The number of thiophene rings is 2. The summed E-state index contributed by atoms with van der Waals surface area (Å²) in [7, 11) is 3.75. The van der Waals surface area contributed by atoms with Gasteiger partial charge in [0.1, 0.15) is 9.79 Å². The Balaban J connectivity index is 0.000000191. The molecule has 0 atom stereocenters. The van der Waals surface area contributed by atoms with E-state index in [1.165, 1.54) is 22.7 Å². The molecule has 4 nitrogen and oxygen atoms in total. The van der Waals surface area contributed by atoms with Crippen LogP contribution >= 0.6 is 44.0 Å². The predicted octanol–water partition coefficient (Wildman–Crippen LogP) is 8.34. The zero-order valence-electron chi connectivity index (χ0n) is 18.9. The third kappa shape index (κ3) is 6.53. The van der Waals surface area contributed by atoms with Crippen LogP contribution in [0.4, 0.5) is 0 Å². The molecule has 184 valence electrons. The molecule has 0 bridgehead atoms. The first-order valence-electron chi connectivity index (χ1n) is 11.0. The van der Waals surface area contributed by atoms with Gasteiger partial charge in [0, 0.05) is 51.3 Å². The van der Waals surface area contributed by atoms with Crippen LogP contribution in [0.15, 0.2) is 58.3 Å². The Morgan fingerprint density at radius 3 is 1.32 bits per heavy atom. The minimum Gasteiger partial charge on any atom is -0.207 e. The topological polar surface area (TPSA) is 68.3 Å². The lowest BCUT2D eigenvalue weighted by Crippen LogP contribution is -1.94. The van der Waals surface area contributed by atoms with Crippen molar-refractivity contribution in [1.29, 1.82) is 0 Å². The normalized spacial score (nSPS) is 12.1. The molecule has 2 aromatic heterocycles. The Bertz CT molecular complexity index is 1370. The molecule has 0 aliphatic rings. The van der Waals surface area contributed by atoms with Gasteiger partial charge in [0.2, 0.25) is 0 Å². The lowest BCUT2D eigenvalue weighted by Gasteiger charge is -1.99. The van der Waals surface area contributed by atoms with Crippen molar-refractivity contribution in [1.82, 2.24) is 0 Å². The largest absolute Gasteiger partial charge is 0.263 e. The molecule has 0 fully saturated rings. The maximum atomic E-state index is 11.7. The highest BCUT2D eigenvalue weighted by Gasteiger charge is 2.22. The molecular weight excluding hydrogens is 551 g/mol. The van der Waals surface area contributed by atoms with Gasteiger partial charge in [-0.1, -0.05) is 63.1 Å². The maximum absolute atomic E-state index is 11.7. The molecule has 0 saturated carbocycles. The molecule has 2 heterocycles. The Hall–Kier alpha value is -1.16. The van der Waals surface area contributed by atoms with Crippen molar-refractivity contribution in [2.75, 3.05) is 0 Å². The van der Waals surface area contributed by atoms with Gasteiger partial charge in [0.25, 0.3) is 18.1 Å².